The molecule has 0 atom stereocenters. The molecule has 3 aromatic rings. The number of para-hydroxylation sites is 1. The summed E-state index contributed by atoms with van der Waals surface area (Å²) in [5.41, 5.74) is 2.30. The van der Waals surface area contributed by atoms with Crippen molar-refractivity contribution in [1.29, 1.82) is 0 Å². The van der Waals surface area contributed by atoms with E-state index in [2.05, 4.69) is 5.10 Å². The fraction of sp³-hybridized carbons (Fsp3) is 0.250. The molecule has 9 heteroatoms. The summed E-state index contributed by atoms with van der Waals surface area (Å²) in [7, 11) is 2.92. The second kappa shape index (κ2) is 10.9. The van der Waals surface area contributed by atoms with E-state index in [1.165, 1.54) is 37.4 Å². The highest BCUT2D eigenvalue weighted by Crippen LogP contribution is 2.40. The van der Waals surface area contributed by atoms with Crippen LogP contribution in [-0.2, 0) is 19.0 Å². The van der Waals surface area contributed by atoms with Gasteiger partial charge < -0.3 is 19.7 Å². The molecule has 6 nitrogen and oxygen atoms in total. The molecule has 0 saturated carbocycles. The van der Waals surface area contributed by atoms with Crippen LogP contribution in [0.25, 0.3) is 0 Å². The molecule has 0 unspecified atom stereocenters. The van der Waals surface area contributed by atoms with Crippen molar-refractivity contribution in [2.24, 2.45) is 5.10 Å². The maximum Gasteiger partial charge on any atom is 0.418 e. The summed E-state index contributed by atoms with van der Waals surface area (Å²) in [5, 5.41) is 25.6. The van der Waals surface area contributed by atoms with Crippen LogP contribution in [0.15, 0.2) is 77.5 Å². The molecule has 3 aromatic carbocycles. The molecule has 194 valence electrons. The van der Waals surface area contributed by atoms with Gasteiger partial charge in [-0.1, -0.05) is 30.3 Å². The van der Waals surface area contributed by atoms with Crippen molar-refractivity contribution in [2.45, 2.75) is 31.9 Å². The van der Waals surface area contributed by atoms with Gasteiger partial charge in [-0.05, 0) is 66.8 Å². The number of hydrazone groups is 1. The molecular formula is C28H27F3N2O4. The number of aryl methyl sites for hydroxylation is 1. The van der Waals surface area contributed by atoms with Crippen LogP contribution < -0.4 is 14.5 Å². The smallest absolute Gasteiger partial charge is 0.418 e. The monoisotopic (exact) mass is 512 g/mol. The molecule has 0 aromatic heterocycles. The summed E-state index contributed by atoms with van der Waals surface area (Å²) in [4.78, 5) is 0. The van der Waals surface area contributed by atoms with Crippen LogP contribution in [-0.4, -0.2) is 30.1 Å². The van der Waals surface area contributed by atoms with Crippen LogP contribution in [0.4, 0.5) is 18.9 Å². The highest BCUT2D eigenvalue weighted by molar-refractivity contribution is 5.92. The molecule has 37 heavy (non-hydrogen) atoms. The van der Waals surface area contributed by atoms with Crippen LogP contribution in [0.5, 0.6) is 23.0 Å². The van der Waals surface area contributed by atoms with Gasteiger partial charge in [-0.3, -0.25) is 0 Å². The fourth-order valence-corrected chi connectivity index (χ4v) is 4.18. The summed E-state index contributed by atoms with van der Waals surface area (Å²) < 4.78 is 51.7. The van der Waals surface area contributed by atoms with Gasteiger partial charge in [-0.15, -0.1) is 0 Å². The number of anilines is 1. The van der Waals surface area contributed by atoms with Crippen molar-refractivity contribution in [3.63, 3.8) is 0 Å². The second-order valence-corrected chi connectivity index (χ2v) is 8.58. The van der Waals surface area contributed by atoms with E-state index in [-0.39, 0.29) is 17.2 Å². The Morgan fingerprint density at radius 2 is 1.51 bits per heavy atom. The number of phenols is 2. The highest BCUT2D eigenvalue weighted by Gasteiger charge is 2.36. The third-order valence-electron chi connectivity index (χ3n) is 6.10. The number of hydrogen-bond donors (Lipinski definition) is 2. The zero-order chi connectivity index (χ0) is 26.6. The minimum Gasteiger partial charge on any atom is -0.504 e. The number of phenolic OH excluding ortho intramolecular Hbond substituents is 2. The van der Waals surface area contributed by atoms with E-state index in [0.29, 0.717) is 42.9 Å². The van der Waals surface area contributed by atoms with Gasteiger partial charge in [0, 0.05) is 17.8 Å². The van der Waals surface area contributed by atoms with Crippen molar-refractivity contribution in [2.75, 3.05) is 19.2 Å². The number of alkyl halides is 3. The first-order valence-corrected chi connectivity index (χ1v) is 11.6. The molecule has 0 fully saturated rings. The Balaban J connectivity index is 1.63. The first-order chi connectivity index (χ1) is 17.7. The molecule has 1 heterocycles. The van der Waals surface area contributed by atoms with Gasteiger partial charge in [-0.2, -0.15) is 18.3 Å². The van der Waals surface area contributed by atoms with E-state index in [1.54, 1.807) is 36.4 Å². The lowest BCUT2D eigenvalue weighted by atomic mass is 10.0. The topological polar surface area (TPSA) is 74.5 Å². The SMILES string of the molecule is COc1cc(CC=C2CC(CCc3ccc(O)c(OC)c3)=NN2c2ccccc2C(F)(F)F)ccc1O. The number of methoxy groups -OCH3 is 2. The fourth-order valence-electron chi connectivity index (χ4n) is 4.18. The average Bonchev–Trinajstić information content (AvgIpc) is 3.30. The summed E-state index contributed by atoms with van der Waals surface area (Å²) in [6.45, 7) is 0. The Morgan fingerprint density at radius 1 is 0.892 bits per heavy atom. The van der Waals surface area contributed by atoms with E-state index >= 15 is 0 Å². The predicted molar refractivity (Wildman–Crippen MR) is 135 cm³/mol. The second-order valence-electron chi connectivity index (χ2n) is 8.58. The van der Waals surface area contributed by atoms with Crippen LogP contribution >= 0.6 is 0 Å². The van der Waals surface area contributed by atoms with Crippen molar-refractivity contribution in [3.8, 4) is 23.0 Å². The molecule has 0 bridgehead atoms. The van der Waals surface area contributed by atoms with Crippen molar-refractivity contribution >= 4 is 11.4 Å². The van der Waals surface area contributed by atoms with Crippen molar-refractivity contribution in [3.05, 3.63) is 89.1 Å². The van der Waals surface area contributed by atoms with Crippen LogP contribution in [0.3, 0.4) is 0 Å². The molecular weight excluding hydrogens is 485 g/mol. The predicted octanol–water partition coefficient (Wildman–Crippen LogP) is 6.46. The Labute approximate surface area is 212 Å². The van der Waals surface area contributed by atoms with Gasteiger partial charge in [0.25, 0.3) is 0 Å². The van der Waals surface area contributed by atoms with Gasteiger partial charge >= 0.3 is 6.18 Å². The third-order valence-corrected chi connectivity index (χ3v) is 6.10. The Kier molecular flexibility index (Phi) is 7.61. The molecule has 1 aliphatic heterocycles. The van der Waals surface area contributed by atoms with E-state index in [4.69, 9.17) is 9.47 Å². The molecule has 0 amide bonds. The minimum atomic E-state index is -4.53. The number of hydrogen-bond acceptors (Lipinski definition) is 6. The van der Waals surface area contributed by atoms with Gasteiger partial charge in [0.05, 0.1) is 25.5 Å². The molecule has 0 spiro atoms. The summed E-state index contributed by atoms with van der Waals surface area (Å²) in [6.07, 6.45) is -0.799. The number of rotatable bonds is 8. The summed E-state index contributed by atoms with van der Waals surface area (Å²) >= 11 is 0. The van der Waals surface area contributed by atoms with Crippen molar-refractivity contribution < 1.29 is 32.9 Å². The number of ether oxygens (including phenoxy) is 2. The minimum absolute atomic E-state index is 0.0111. The quantitative estimate of drug-likeness (QED) is 0.362. The number of nitrogens with zero attached hydrogens (tertiary/aromatic N) is 2. The van der Waals surface area contributed by atoms with Gasteiger partial charge in [0.1, 0.15) is 0 Å². The summed E-state index contributed by atoms with van der Waals surface area (Å²) in [6, 6.07) is 15.4. The zero-order valence-corrected chi connectivity index (χ0v) is 20.4. The molecule has 0 aliphatic carbocycles. The largest absolute Gasteiger partial charge is 0.504 e. The van der Waals surface area contributed by atoms with Crippen LogP contribution in [0, 0.1) is 0 Å². The molecule has 2 N–H and O–H groups in total. The molecule has 1 aliphatic rings. The maximum atomic E-state index is 13.8. The number of halogens is 3. The molecule has 0 saturated heterocycles. The lowest BCUT2D eigenvalue weighted by Crippen LogP contribution is -2.17. The van der Waals surface area contributed by atoms with Gasteiger partial charge in [0.15, 0.2) is 23.0 Å². The number of benzene rings is 3. The molecule has 0 radical (unpaired) electrons. The Morgan fingerprint density at radius 3 is 2.16 bits per heavy atom. The van der Waals surface area contributed by atoms with E-state index in [9.17, 15) is 23.4 Å². The zero-order valence-electron chi connectivity index (χ0n) is 20.4. The third kappa shape index (κ3) is 5.99. The van der Waals surface area contributed by atoms with Crippen LogP contribution in [0.2, 0.25) is 0 Å². The van der Waals surface area contributed by atoms with Gasteiger partial charge in [-0.25, -0.2) is 5.01 Å². The normalized spacial score (nSPS) is 14.7. The highest BCUT2D eigenvalue weighted by atomic mass is 19.4. The van der Waals surface area contributed by atoms with Gasteiger partial charge in [0.2, 0.25) is 0 Å². The lowest BCUT2D eigenvalue weighted by molar-refractivity contribution is -0.137. The number of aromatic hydroxyl groups is 2. The lowest BCUT2D eigenvalue weighted by Gasteiger charge is -2.21. The summed E-state index contributed by atoms with van der Waals surface area (Å²) in [5.74, 6) is 0.729. The Hall–Kier alpha value is -4.14. The van der Waals surface area contributed by atoms with Crippen LogP contribution in [0.1, 0.15) is 29.5 Å². The van der Waals surface area contributed by atoms with E-state index in [1.807, 2.05) is 6.08 Å². The first-order valence-electron chi connectivity index (χ1n) is 11.6. The standard InChI is InChI=1S/C28H27F3N2O4/c1-36-26-15-18(9-13-24(26)34)7-11-20-17-21(12-8-19-10-14-25(35)27(16-19)37-2)33(32-20)23-6-4-3-5-22(23)28(29,30)31/h3-6,9-10,12-16,34-35H,7-8,11,17H2,1-2H3. The number of allylic oxidation sites excluding steroid dienone is 2. The van der Waals surface area contributed by atoms with Crippen molar-refractivity contribution in [1.82, 2.24) is 0 Å². The van der Waals surface area contributed by atoms with E-state index < -0.39 is 11.7 Å². The Bertz CT molecular complexity index is 1340. The van der Waals surface area contributed by atoms with E-state index in [0.717, 1.165) is 22.9 Å². The molecule has 4 rings (SSSR count). The maximum absolute atomic E-state index is 13.8. The first kappa shape index (κ1) is 25.9. The average molecular weight is 513 g/mol.